The maximum Gasteiger partial charge on any atom is 0.290 e. The van der Waals surface area contributed by atoms with Gasteiger partial charge in [-0.1, -0.05) is 23.8 Å². The van der Waals surface area contributed by atoms with Crippen LogP contribution >= 0.6 is 0 Å². The van der Waals surface area contributed by atoms with Crippen molar-refractivity contribution in [2.24, 2.45) is 0 Å². The van der Waals surface area contributed by atoms with E-state index in [1.807, 2.05) is 6.92 Å². The molecular weight excluding hydrogens is 376 g/mol. The number of hydrogen-bond donors (Lipinski definition) is 1. The van der Waals surface area contributed by atoms with Crippen LogP contribution in [0.2, 0.25) is 0 Å². The van der Waals surface area contributed by atoms with Crippen LogP contribution in [0, 0.1) is 17.0 Å². The molecule has 0 aliphatic carbocycles. The molecule has 0 radical (unpaired) electrons. The maximum atomic E-state index is 13.3. The number of non-ortho nitro benzene ring substituents is 1. The predicted octanol–water partition coefficient (Wildman–Crippen LogP) is 2.94. The number of aliphatic hydroxyl groups is 1. The first-order valence-corrected chi connectivity index (χ1v) is 9.16. The monoisotopic (exact) mass is 394 g/mol. The predicted molar refractivity (Wildman–Crippen MR) is 105 cm³/mol. The van der Waals surface area contributed by atoms with E-state index in [0.29, 0.717) is 23.0 Å². The quantitative estimate of drug-likeness (QED) is 0.526. The lowest BCUT2D eigenvalue weighted by atomic mass is 9.97. The van der Waals surface area contributed by atoms with Crippen molar-refractivity contribution in [3.8, 4) is 0 Å². The molecule has 1 N–H and O–H groups in total. The summed E-state index contributed by atoms with van der Waals surface area (Å²) in [6.07, 6.45) is 0.304. The lowest BCUT2D eigenvalue weighted by molar-refractivity contribution is -0.384. The van der Waals surface area contributed by atoms with Crippen molar-refractivity contribution in [2.75, 3.05) is 13.2 Å². The molecule has 3 aromatic rings. The van der Waals surface area contributed by atoms with Crippen molar-refractivity contribution >= 4 is 22.6 Å². The topological polar surface area (TPSA) is 114 Å². The second-order valence-electron chi connectivity index (χ2n) is 7.00. The van der Waals surface area contributed by atoms with Gasteiger partial charge in [-0.25, -0.2) is 0 Å². The zero-order chi connectivity index (χ0) is 20.7. The minimum atomic E-state index is -0.815. The third kappa shape index (κ3) is 3.07. The van der Waals surface area contributed by atoms with Crippen LogP contribution in [0.15, 0.2) is 51.7 Å². The molecule has 0 saturated heterocycles. The molecule has 0 spiro atoms. The van der Waals surface area contributed by atoms with E-state index < -0.39 is 16.9 Å². The number of nitro groups is 1. The molecule has 8 heteroatoms. The van der Waals surface area contributed by atoms with E-state index >= 15 is 0 Å². The van der Waals surface area contributed by atoms with Crippen LogP contribution in [0.4, 0.5) is 5.69 Å². The van der Waals surface area contributed by atoms with Gasteiger partial charge in [0, 0.05) is 25.3 Å². The summed E-state index contributed by atoms with van der Waals surface area (Å²) in [5.74, 6) is -0.523. The van der Waals surface area contributed by atoms with Crippen LogP contribution in [0.3, 0.4) is 0 Å². The fourth-order valence-corrected chi connectivity index (χ4v) is 3.76. The molecule has 2 heterocycles. The summed E-state index contributed by atoms with van der Waals surface area (Å²) < 4.78 is 5.80. The molecule has 8 nitrogen and oxygen atoms in total. The number of rotatable bonds is 5. The van der Waals surface area contributed by atoms with Crippen LogP contribution in [0.25, 0.3) is 11.0 Å². The number of nitrogens with zero attached hydrogens (tertiary/aromatic N) is 2. The highest BCUT2D eigenvalue weighted by Gasteiger charge is 2.42. The zero-order valence-corrected chi connectivity index (χ0v) is 15.6. The van der Waals surface area contributed by atoms with Gasteiger partial charge in [0.05, 0.1) is 21.9 Å². The smallest absolute Gasteiger partial charge is 0.290 e. The highest BCUT2D eigenvalue weighted by molar-refractivity contribution is 5.99. The Morgan fingerprint density at radius 2 is 2.00 bits per heavy atom. The molecule has 0 bridgehead atoms. The van der Waals surface area contributed by atoms with E-state index in [1.165, 1.54) is 23.1 Å². The lowest BCUT2D eigenvalue weighted by Crippen LogP contribution is -2.31. The molecular formula is C21H18N2O6. The minimum Gasteiger partial charge on any atom is -0.450 e. The molecule has 1 aliphatic rings. The van der Waals surface area contributed by atoms with Gasteiger partial charge < -0.3 is 14.4 Å². The van der Waals surface area contributed by atoms with E-state index in [-0.39, 0.29) is 35.6 Å². The maximum absolute atomic E-state index is 13.3. The number of aliphatic hydroxyl groups excluding tert-OH is 1. The zero-order valence-electron chi connectivity index (χ0n) is 15.6. The molecule has 29 heavy (non-hydrogen) atoms. The largest absolute Gasteiger partial charge is 0.450 e. The molecule has 2 aromatic carbocycles. The van der Waals surface area contributed by atoms with Gasteiger partial charge in [-0.3, -0.25) is 19.7 Å². The first-order valence-electron chi connectivity index (χ1n) is 9.16. The fourth-order valence-electron chi connectivity index (χ4n) is 3.76. The Bertz CT molecular complexity index is 1200. The van der Waals surface area contributed by atoms with Crippen molar-refractivity contribution in [3.05, 3.63) is 85.3 Å². The summed E-state index contributed by atoms with van der Waals surface area (Å²) in [6, 6.07) is 10.2. The second kappa shape index (κ2) is 7.14. The number of benzene rings is 2. The molecule has 0 saturated carbocycles. The van der Waals surface area contributed by atoms with Crippen LogP contribution < -0.4 is 5.43 Å². The Kier molecular flexibility index (Phi) is 4.63. The average molecular weight is 394 g/mol. The van der Waals surface area contributed by atoms with Gasteiger partial charge in [0.2, 0.25) is 5.76 Å². The number of aryl methyl sites for hydroxylation is 1. The molecule has 1 aliphatic heterocycles. The van der Waals surface area contributed by atoms with Gasteiger partial charge in [0.25, 0.3) is 11.6 Å². The number of amides is 1. The first kappa shape index (κ1) is 18.8. The molecule has 0 fully saturated rings. The molecule has 0 unspecified atom stereocenters. The Labute approximate surface area is 165 Å². The van der Waals surface area contributed by atoms with Crippen molar-refractivity contribution < 1.29 is 19.2 Å². The third-order valence-electron chi connectivity index (χ3n) is 5.08. The summed E-state index contributed by atoms with van der Waals surface area (Å²) >= 11 is 0. The number of nitro benzene ring substituents is 1. The van der Waals surface area contributed by atoms with Crippen molar-refractivity contribution in [1.29, 1.82) is 0 Å². The first-order chi connectivity index (χ1) is 13.9. The van der Waals surface area contributed by atoms with E-state index in [2.05, 4.69) is 0 Å². The standard InChI is InChI=1S/C21H18N2O6/c1-12-6-7-16-15(10-12)19(25)17-18(13-4-2-5-14(11-13)23(27)28)22(8-3-9-24)21(26)20(17)29-16/h2,4-7,10-11,18,24H,3,8-9H2,1H3/t18-/m0/s1. The number of carbonyl (C=O) groups is 1. The Morgan fingerprint density at radius 3 is 2.72 bits per heavy atom. The van der Waals surface area contributed by atoms with Crippen molar-refractivity contribution in [3.63, 3.8) is 0 Å². The summed E-state index contributed by atoms with van der Waals surface area (Å²) in [5.41, 5.74) is 1.34. The summed E-state index contributed by atoms with van der Waals surface area (Å²) in [6.45, 7) is 1.90. The molecule has 148 valence electrons. The van der Waals surface area contributed by atoms with Gasteiger partial charge in [-0.2, -0.15) is 0 Å². The number of fused-ring (bicyclic) bond motifs is 2. The van der Waals surface area contributed by atoms with Crippen LogP contribution in [-0.4, -0.2) is 34.0 Å². The van der Waals surface area contributed by atoms with Gasteiger partial charge in [-0.05, 0) is 31.0 Å². The highest BCUT2D eigenvalue weighted by atomic mass is 16.6. The second-order valence-corrected chi connectivity index (χ2v) is 7.00. The van der Waals surface area contributed by atoms with Crippen molar-refractivity contribution in [1.82, 2.24) is 4.90 Å². The Hall–Kier alpha value is -3.52. The number of carbonyl (C=O) groups excluding carboxylic acids is 1. The molecule has 1 amide bonds. The van der Waals surface area contributed by atoms with Crippen LogP contribution in [0.5, 0.6) is 0 Å². The highest BCUT2D eigenvalue weighted by Crippen LogP contribution is 2.39. The van der Waals surface area contributed by atoms with E-state index in [0.717, 1.165) is 5.56 Å². The van der Waals surface area contributed by atoms with Crippen LogP contribution in [0.1, 0.15) is 39.7 Å². The van der Waals surface area contributed by atoms with Crippen molar-refractivity contribution in [2.45, 2.75) is 19.4 Å². The Morgan fingerprint density at radius 1 is 1.21 bits per heavy atom. The minimum absolute atomic E-state index is 0.0548. The molecule has 4 rings (SSSR count). The van der Waals surface area contributed by atoms with Gasteiger partial charge in [-0.15, -0.1) is 0 Å². The SMILES string of the molecule is Cc1ccc2oc3c(c(=O)c2c1)[C@H](c1cccc([N+](=O)[O-])c1)N(CCCO)C3=O. The van der Waals surface area contributed by atoms with Crippen LogP contribution in [-0.2, 0) is 0 Å². The lowest BCUT2D eigenvalue weighted by Gasteiger charge is -2.24. The van der Waals surface area contributed by atoms with Gasteiger partial charge in [0.1, 0.15) is 5.58 Å². The summed E-state index contributed by atoms with van der Waals surface area (Å²) in [5, 5.41) is 20.8. The summed E-state index contributed by atoms with van der Waals surface area (Å²) in [7, 11) is 0. The fraction of sp³-hybridized carbons (Fsp3) is 0.238. The van der Waals surface area contributed by atoms with E-state index in [9.17, 15) is 24.8 Å². The van der Waals surface area contributed by atoms with Gasteiger partial charge in [0.15, 0.2) is 5.43 Å². The van der Waals surface area contributed by atoms with E-state index in [4.69, 9.17) is 4.42 Å². The van der Waals surface area contributed by atoms with E-state index in [1.54, 1.807) is 24.3 Å². The third-order valence-corrected chi connectivity index (χ3v) is 5.08. The average Bonchev–Trinajstić information content (AvgIpc) is 2.99. The Balaban J connectivity index is 1.98. The molecule has 1 aromatic heterocycles. The summed E-state index contributed by atoms with van der Waals surface area (Å²) in [4.78, 5) is 38.5. The van der Waals surface area contributed by atoms with Gasteiger partial charge >= 0.3 is 0 Å². The number of hydrogen-bond acceptors (Lipinski definition) is 6. The normalized spacial score (nSPS) is 15.7. The molecule has 1 atom stereocenters.